The highest BCUT2D eigenvalue weighted by atomic mass is 16.5. The molecule has 0 unspecified atom stereocenters. The molecule has 3 rings (SSSR count). The molecule has 5 nitrogen and oxygen atoms in total. The summed E-state index contributed by atoms with van der Waals surface area (Å²) in [5.74, 6) is 0.0407. The molecule has 1 aliphatic rings. The van der Waals surface area contributed by atoms with Gasteiger partial charge in [0.2, 0.25) is 0 Å². The van der Waals surface area contributed by atoms with E-state index in [4.69, 9.17) is 0 Å². The highest BCUT2D eigenvalue weighted by molar-refractivity contribution is 6.04. The van der Waals surface area contributed by atoms with Crippen molar-refractivity contribution in [3.8, 4) is 0 Å². The average molecular weight is 364 g/mol. The Hall–Kier alpha value is -2.92. The minimum atomic E-state index is -0.402. The van der Waals surface area contributed by atoms with Crippen molar-refractivity contribution in [1.29, 1.82) is 0 Å². The maximum atomic E-state index is 12.4. The second kappa shape index (κ2) is 9.14. The van der Waals surface area contributed by atoms with Crippen LogP contribution in [-0.4, -0.2) is 32.1 Å². The zero-order valence-corrected chi connectivity index (χ0v) is 15.4. The standard InChI is InChI=1S/C22H24N2O3/c1-27-21(25)11-4-16-2-9-20(10-3-16)24-22(26)19-7-5-17(6-8-19)18-12-14-23-15-13-18/h2-11,18,23H,12-15H2,1H3,(H,24,26). The van der Waals surface area contributed by atoms with Gasteiger partial charge in [0, 0.05) is 17.3 Å². The van der Waals surface area contributed by atoms with Gasteiger partial charge >= 0.3 is 5.97 Å². The van der Waals surface area contributed by atoms with Gasteiger partial charge in [0.05, 0.1) is 7.11 Å². The summed E-state index contributed by atoms with van der Waals surface area (Å²) in [6.07, 6.45) is 5.30. The van der Waals surface area contributed by atoms with E-state index in [0.29, 0.717) is 17.2 Å². The van der Waals surface area contributed by atoms with E-state index in [1.165, 1.54) is 18.7 Å². The molecule has 140 valence electrons. The first kappa shape index (κ1) is 18.9. The van der Waals surface area contributed by atoms with Gasteiger partial charge < -0.3 is 15.4 Å². The molecule has 0 radical (unpaired) electrons. The number of methoxy groups -OCH3 is 1. The molecule has 1 amide bonds. The van der Waals surface area contributed by atoms with Crippen LogP contribution in [0.1, 0.15) is 40.2 Å². The van der Waals surface area contributed by atoms with Crippen LogP contribution in [0.25, 0.3) is 6.08 Å². The molecule has 0 bridgehead atoms. The minimum absolute atomic E-state index is 0.135. The number of ether oxygens (including phenoxy) is 1. The molecular weight excluding hydrogens is 340 g/mol. The normalized spacial score (nSPS) is 14.9. The molecule has 1 fully saturated rings. The van der Waals surface area contributed by atoms with E-state index in [-0.39, 0.29) is 5.91 Å². The lowest BCUT2D eigenvalue weighted by Crippen LogP contribution is -2.26. The number of hydrogen-bond acceptors (Lipinski definition) is 4. The zero-order valence-electron chi connectivity index (χ0n) is 15.4. The van der Waals surface area contributed by atoms with Crippen molar-refractivity contribution >= 4 is 23.6 Å². The maximum absolute atomic E-state index is 12.4. The van der Waals surface area contributed by atoms with Gasteiger partial charge in [-0.2, -0.15) is 0 Å². The van der Waals surface area contributed by atoms with Crippen molar-refractivity contribution < 1.29 is 14.3 Å². The molecule has 2 aromatic rings. The summed E-state index contributed by atoms with van der Waals surface area (Å²) < 4.78 is 4.56. The molecule has 0 spiro atoms. The molecule has 2 N–H and O–H groups in total. The molecule has 0 aliphatic carbocycles. The van der Waals surface area contributed by atoms with E-state index in [0.717, 1.165) is 31.5 Å². The van der Waals surface area contributed by atoms with Gasteiger partial charge in [-0.25, -0.2) is 4.79 Å². The fourth-order valence-electron chi connectivity index (χ4n) is 3.18. The number of carbonyl (C=O) groups excluding carboxylic acids is 2. The SMILES string of the molecule is COC(=O)C=Cc1ccc(NC(=O)c2ccc(C3CCNCC3)cc2)cc1. The molecule has 0 atom stereocenters. The second-order valence-corrected chi connectivity index (χ2v) is 6.58. The van der Waals surface area contributed by atoms with E-state index < -0.39 is 5.97 Å². The largest absolute Gasteiger partial charge is 0.466 e. The summed E-state index contributed by atoms with van der Waals surface area (Å²) in [6, 6.07) is 15.2. The Kier molecular flexibility index (Phi) is 6.39. The lowest BCUT2D eigenvalue weighted by Gasteiger charge is -2.23. The Balaban J connectivity index is 1.59. The summed E-state index contributed by atoms with van der Waals surface area (Å²) in [6.45, 7) is 2.11. The summed E-state index contributed by atoms with van der Waals surface area (Å²) in [5.41, 5.74) is 3.50. The van der Waals surface area contributed by atoms with Crippen LogP contribution in [0.5, 0.6) is 0 Å². The summed E-state index contributed by atoms with van der Waals surface area (Å²) in [4.78, 5) is 23.6. The van der Waals surface area contributed by atoms with Gasteiger partial charge in [-0.05, 0) is 73.3 Å². The Labute approximate surface area is 159 Å². The summed E-state index contributed by atoms with van der Waals surface area (Å²) in [7, 11) is 1.34. The predicted molar refractivity (Wildman–Crippen MR) is 107 cm³/mol. The van der Waals surface area contributed by atoms with Gasteiger partial charge in [0.1, 0.15) is 0 Å². The van der Waals surface area contributed by atoms with E-state index >= 15 is 0 Å². The van der Waals surface area contributed by atoms with Crippen LogP contribution in [0.3, 0.4) is 0 Å². The van der Waals surface area contributed by atoms with Crippen LogP contribution in [0.2, 0.25) is 0 Å². The van der Waals surface area contributed by atoms with Gasteiger partial charge in [-0.3, -0.25) is 4.79 Å². The summed E-state index contributed by atoms with van der Waals surface area (Å²) in [5, 5.41) is 6.27. The predicted octanol–water partition coefficient (Wildman–Crippen LogP) is 3.59. The molecule has 27 heavy (non-hydrogen) atoms. The lowest BCUT2D eigenvalue weighted by atomic mass is 9.90. The number of esters is 1. The van der Waals surface area contributed by atoms with Gasteiger partial charge in [0.15, 0.2) is 0 Å². The number of carbonyl (C=O) groups is 2. The van der Waals surface area contributed by atoms with Gasteiger partial charge in [0.25, 0.3) is 5.91 Å². The van der Waals surface area contributed by atoms with Gasteiger partial charge in [-0.15, -0.1) is 0 Å². The summed E-state index contributed by atoms with van der Waals surface area (Å²) >= 11 is 0. The topological polar surface area (TPSA) is 67.4 Å². The fraction of sp³-hybridized carbons (Fsp3) is 0.273. The van der Waals surface area contributed by atoms with Crippen molar-refractivity contribution in [2.24, 2.45) is 0 Å². The first-order valence-corrected chi connectivity index (χ1v) is 9.14. The number of rotatable bonds is 5. The third kappa shape index (κ3) is 5.28. The van der Waals surface area contributed by atoms with E-state index in [1.54, 1.807) is 18.2 Å². The third-order valence-electron chi connectivity index (χ3n) is 4.77. The number of piperidine rings is 1. The molecule has 1 saturated heterocycles. The molecule has 2 aromatic carbocycles. The Morgan fingerprint density at radius 2 is 1.70 bits per heavy atom. The molecule has 5 heteroatoms. The molecule has 1 aliphatic heterocycles. The Morgan fingerprint density at radius 1 is 1.04 bits per heavy atom. The average Bonchev–Trinajstić information content (AvgIpc) is 2.73. The molecular formula is C22H24N2O3. The number of amides is 1. The van der Waals surface area contributed by atoms with Crippen molar-refractivity contribution in [2.45, 2.75) is 18.8 Å². The Bertz CT molecular complexity index is 804. The van der Waals surface area contributed by atoms with Gasteiger partial charge in [-0.1, -0.05) is 24.3 Å². The number of anilines is 1. The monoisotopic (exact) mass is 364 g/mol. The number of benzene rings is 2. The molecule has 0 aromatic heterocycles. The van der Waals surface area contributed by atoms with Crippen LogP contribution in [0, 0.1) is 0 Å². The first-order valence-electron chi connectivity index (χ1n) is 9.14. The molecule has 0 saturated carbocycles. The maximum Gasteiger partial charge on any atom is 0.330 e. The van der Waals surface area contributed by atoms with Crippen LogP contribution in [0.4, 0.5) is 5.69 Å². The Morgan fingerprint density at radius 3 is 2.33 bits per heavy atom. The first-order chi connectivity index (χ1) is 13.2. The van der Waals surface area contributed by atoms with Crippen LogP contribution in [0.15, 0.2) is 54.6 Å². The highest BCUT2D eigenvalue weighted by Crippen LogP contribution is 2.25. The fourth-order valence-corrected chi connectivity index (χ4v) is 3.18. The van der Waals surface area contributed by atoms with Crippen molar-refractivity contribution in [3.05, 3.63) is 71.3 Å². The molecule has 1 heterocycles. The highest BCUT2D eigenvalue weighted by Gasteiger charge is 2.15. The van der Waals surface area contributed by atoms with Crippen molar-refractivity contribution in [3.63, 3.8) is 0 Å². The third-order valence-corrected chi connectivity index (χ3v) is 4.77. The lowest BCUT2D eigenvalue weighted by molar-refractivity contribution is -0.134. The smallest absolute Gasteiger partial charge is 0.330 e. The number of hydrogen-bond donors (Lipinski definition) is 2. The zero-order chi connectivity index (χ0) is 19.1. The van der Waals surface area contributed by atoms with Crippen molar-refractivity contribution in [2.75, 3.05) is 25.5 Å². The quantitative estimate of drug-likeness (QED) is 0.628. The van der Waals surface area contributed by atoms with Crippen LogP contribution < -0.4 is 10.6 Å². The van der Waals surface area contributed by atoms with Crippen LogP contribution >= 0.6 is 0 Å². The van der Waals surface area contributed by atoms with Crippen LogP contribution in [-0.2, 0) is 9.53 Å². The number of nitrogens with one attached hydrogen (secondary N) is 2. The van der Waals surface area contributed by atoms with Crippen molar-refractivity contribution in [1.82, 2.24) is 5.32 Å². The minimum Gasteiger partial charge on any atom is -0.466 e. The van der Waals surface area contributed by atoms with E-state index in [9.17, 15) is 9.59 Å². The van der Waals surface area contributed by atoms with E-state index in [1.807, 2.05) is 24.3 Å². The second-order valence-electron chi connectivity index (χ2n) is 6.58. The van der Waals surface area contributed by atoms with E-state index in [2.05, 4.69) is 27.5 Å².